The van der Waals surface area contributed by atoms with Gasteiger partial charge in [0.25, 0.3) is 0 Å². The van der Waals surface area contributed by atoms with Crippen LogP contribution in [0.3, 0.4) is 0 Å². The quantitative estimate of drug-likeness (QED) is 0.721. The van der Waals surface area contributed by atoms with Crippen molar-refractivity contribution in [2.45, 2.75) is 45.1 Å². The van der Waals surface area contributed by atoms with Crippen molar-refractivity contribution in [1.29, 1.82) is 0 Å². The topological polar surface area (TPSA) is 41.3 Å². The first-order chi connectivity index (χ1) is 7.53. The van der Waals surface area contributed by atoms with E-state index < -0.39 is 0 Å². The highest BCUT2D eigenvalue weighted by molar-refractivity contribution is 4.79. The molecule has 0 saturated carbocycles. The van der Waals surface area contributed by atoms with Crippen LogP contribution in [0.1, 0.15) is 39.5 Å². The number of nitrogens with two attached hydrogens (primary N) is 1. The highest BCUT2D eigenvalue weighted by atomic mass is 15.1. The van der Waals surface area contributed by atoms with Gasteiger partial charge in [0.2, 0.25) is 0 Å². The summed E-state index contributed by atoms with van der Waals surface area (Å²) in [5.74, 6) is 0.928. The zero-order valence-electron chi connectivity index (χ0n) is 11.3. The van der Waals surface area contributed by atoms with Crippen LogP contribution in [0.4, 0.5) is 0 Å². The van der Waals surface area contributed by atoms with Crippen molar-refractivity contribution in [2.24, 2.45) is 11.7 Å². The molecule has 0 aromatic carbocycles. The molecule has 0 spiro atoms. The Morgan fingerprint density at radius 2 is 1.94 bits per heavy atom. The van der Waals surface area contributed by atoms with Crippen LogP contribution in [0.2, 0.25) is 0 Å². The molecule has 1 heterocycles. The molecule has 0 aromatic rings. The molecule has 0 aromatic heterocycles. The Kier molecular flexibility index (Phi) is 5.73. The lowest BCUT2D eigenvalue weighted by Gasteiger charge is -2.31. The van der Waals surface area contributed by atoms with Gasteiger partial charge >= 0.3 is 0 Å². The van der Waals surface area contributed by atoms with Crippen molar-refractivity contribution in [1.82, 2.24) is 10.2 Å². The minimum absolute atomic E-state index is 0.209. The van der Waals surface area contributed by atoms with E-state index in [4.69, 9.17) is 5.73 Å². The molecule has 3 N–H and O–H groups in total. The van der Waals surface area contributed by atoms with Gasteiger partial charge in [-0.25, -0.2) is 0 Å². The number of hydrogen-bond acceptors (Lipinski definition) is 3. The van der Waals surface area contributed by atoms with Crippen LogP contribution >= 0.6 is 0 Å². The molecule has 0 bridgehead atoms. The van der Waals surface area contributed by atoms with E-state index in [0.717, 1.165) is 25.4 Å². The van der Waals surface area contributed by atoms with Crippen LogP contribution in [-0.2, 0) is 0 Å². The number of piperidine rings is 1. The Morgan fingerprint density at radius 1 is 1.31 bits per heavy atom. The standard InChI is InChI=1S/C13H29N3/c1-13(2,7-8-14)15-9-4-12-5-10-16(3)11-6-12/h12,15H,4-11,14H2,1-3H3. The molecule has 0 atom stereocenters. The van der Waals surface area contributed by atoms with Crippen molar-refractivity contribution < 1.29 is 0 Å². The zero-order valence-corrected chi connectivity index (χ0v) is 11.3. The summed E-state index contributed by atoms with van der Waals surface area (Å²) in [7, 11) is 2.22. The highest BCUT2D eigenvalue weighted by Gasteiger charge is 2.19. The lowest BCUT2D eigenvalue weighted by atomic mass is 9.93. The highest BCUT2D eigenvalue weighted by Crippen LogP contribution is 2.19. The number of rotatable bonds is 6. The summed E-state index contributed by atoms with van der Waals surface area (Å²) in [6, 6.07) is 0. The first-order valence-corrected chi connectivity index (χ1v) is 6.67. The Balaban J connectivity index is 2.11. The average molecular weight is 227 g/mol. The van der Waals surface area contributed by atoms with Gasteiger partial charge in [-0.1, -0.05) is 0 Å². The zero-order chi connectivity index (χ0) is 12.0. The molecule has 1 aliphatic rings. The van der Waals surface area contributed by atoms with Gasteiger partial charge in [0, 0.05) is 5.54 Å². The fraction of sp³-hybridized carbons (Fsp3) is 1.00. The minimum Gasteiger partial charge on any atom is -0.330 e. The molecule has 3 heteroatoms. The summed E-state index contributed by atoms with van der Waals surface area (Å²) in [6.45, 7) is 8.95. The molecule has 1 saturated heterocycles. The van der Waals surface area contributed by atoms with E-state index in [-0.39, 0.29) is 5.54 Å². The maximum absolute atomic E-state index is 5.60. The van der Waals surface area contributed by atoms with Crippen LogP contribution in [0.15, 0.2) is 0 Å². The third-order valence-electron chi connectivity index (χ3n) is 3.76. The number of likely N-dealkylation sites (tertiary alicyclic amines) is 1. The molecule has 0 unspecified atom stereocenters. The van der Waals surface area contributed by atoms with Crippen molar-refractivity contribution >= 4 is 0 Å². The van der Waals surface area contributed by atoms with E-state index in [2.05, 4.69) is 31.1 Å². The first kappa shape index (κ1) is 13.9. The van der Waals surface area contributed by atoms with Crippen LogP contribution in [0, 0.1) is 5.92 Å². The first-order valence-electron chi connectivity index (χ1n) is 6.67. The van der Waals surface area contributed by atoms with Gasteiger partial charge in [-0.05, 0) is 78.7 Å². The van der Waals surface area contributed by atoms with Gasteiger partial charge in [0.15, 0.2) is 0 Å². The molecular formula is C13H29N3. The van der Waals surface area contributed by atoms with E-state index in [9.17, 15) is 0 Å². The summed E-state index contributed by atoms with van der Waals surface area (Å²) in [6.07, 6.45) is 5.12. The van der Waals surface area contributed by atoms with Crippen molar-refractivity contribution in [3.05, 3.63) is 0 Å². The Hall–Kier alpha value is -0.120. The van der Waals surface area contributed by atoms with Crippen molar-refractivity contribution in [2.75, 3.05) is 33.2 Å². The monoisotopic (exact) mass is 227 g/mol. The lowest BCUT2D eigenvalue weighted by molar-refractivity contribution is 0.207. The SMILES string of the molecule is CN1CCC(CCNC(C)(C)CCN)CC1. The summed E-state index contributed by atoms with van der Waals surface area (Å²) in [5.41, 5.74) is 5.81. The van der Waals surface area contributed by atoms with Gasteiger partial charge in [0.1, 0.15) is 0 Å². The molecule has 96 valence electrons. The summed E-state index contributed by atoms with van der Waals surface area (Å²) in [4.78, 5) is 2.43. The predicted octanol–water partition coefficient (Wildman–Crippen LogP) is 1.44. The predicted molar refractivity (Wildman–Crippen MR) is 70.6 cm³/mol. The summed E-state index contributed by atoms with van der Waals surface area (Å²) >= 11 is 0. The normalized spacial score (nSPS) is 20.2. The lowest BCUT2D eigenvalue weighted by Crippen LogP contribution is -2.42. The van der Waals surface area contributed by atoms with Gasteiger partial charge in [-0.3, -0.25) is 0 Å². The van der Waals surface area contributed by atoms with Gasteiger partial charge in [-0.2, -0.15) is 0 Å². The molecule has 16 heavy (non-hydrogen) atoms. The smallest absolute Gasteiger partial charge is 0.0137 e. The minimum atomic E-state index is 0.209. The Bertz CT molecular complexity index is 184. The molecule has 0 radical (unpaired) electrons. The Labute approximate surface area is 101 Å². The van der Waals surface area contributed by atoms with E-state index >= 15 is 0 Å². The fourth-order valence-corrected chi connectivity index (χ4v) is 2.41. The maximum Gasteiger partial charge on any atom is 0.0137 e. The average Bonchev–Trinajstić information content (AvgIpc) is 2.20. The molecular weight excluding hydrogens is 198 g/mol. The van der Waals surface area contributed by atoms with Crippen molar-refractivity contribution in [3.63, 3.8) is 0 Å². The third kappa shape index (κ3) is 5.28. The van der Waals surface area contributed by atoms with Crippen LogP contribution in [0.25, 0.3) is 0 Å². The molecule has 1 fully saturated rings. The molecule has 1 rings (SSSR count). The van der Waals surface area contributed by atoms with Crippen molar-refractivity contribution in [3.8, 4) is 0 Å². The number of nitrogens with one attached hydrogen (secondary N) is 1. The maximum atomic E-state index is 5.60. The van der Waals surface area contributed by atoms with Crippen LogP contribution < -0.4 is 11.1 Å². The van der Waals surface area contributed by atoms with Crippen LogP contribution in [0.5, 0.6) is 0 Å². The number of hydrogen-bond donors (Lipinski definition) is 2. The Morgan fingerprint density at radius 3 is 2.50 bits per heavy atom. The van der Waals surface area contributed by atoms with Crippen LogP contribution in [-0.4, -0.2) is 43.7 Å². The van der Waals surface area contributed by atoms with Gasteiger partial charge in [-0.15, -0.1) is 0 Å². The van der Waals surface area contributed by atoms with Gasteiger partial charge < -0.3 is 16.0 Å². The summed E-state index contributed by atoms with van der Waals surface area (Å²) in [5, 5.41) is 3.62. The second-order valence-electron chi connectivity index (χ2n) is 5.88. The van der Waals surface area contributed by atoms with E-state index in [0.29, 0.717) is 0 Å². The fourth-order valence-electron chi connectivity index (χ4n) is 2.41. The molecule has 0 amide bonds. The molecule has 0 aliphatic carbocycles. The second-order valence-corrected chi connectivity index (χ2v) is 5.88. The molecule has 1 aliphatic heterocycles. The second kappa shape index (κ2) is 6.58. The van der Waals surface area contributed by atoms with Gasteiger partial charge in [0.05, 0.1) is 0 Å². The number of nitrogens with zero attached hydrogens (tertiary/aromatic N) is 1. The van der Waals surface area contributed by atoms with E-state index in [1.165, 1.54) is 32.4 Å². The third-order valence-corrected chi connectivity index (χ3v) is 3.76. The van der Waals surface area contributed by atoms with E-state index in [1.807, 2.05) is 0 Å². The van der Waals surface area contributed by atoms with E-state index in [1.54, 1.807) is 0 Å². The largest absolute Gasteiger partial charge is 0.330 e. The molecule has 3 nitrogen and oxygen atoms in total. The summed E-state index contributed by atoms with van der Waals surface area (Å²) < 4.78 is 0.